The Morgan fingerprint density at radius 1 is 1.67 bits per heavy atom. The topological polar surface area (TPSA) is 50.1 Å². The highest BCUT2D eigenvalue weighted by Gasteiger charge is 2.24. The molecule has 15 heavy (non-hydrogen) atoms. The van der Waals surface area contributed by atoms with E-state index in [-0.39, 0.29) is 18.2 Å². The Morgan fingerprint density at radius 2 is 2.33 bits per heavy atom. The number of aromatic nitrogens is 2. The lowest BCUT2D eigenvalue weighted by atomic mass is 9.95. The van der Waals surface area contributed by atoms with Crippen LogP contribution in [0, 0.1) is 6.92 Å². The Bertz CT molecular complexity index is 305. The Labute approximate surface area is 91.3 Å². The van der Waals surface area contributed by atoms with Crippen molar-refractivity contribution in [1.82, 2.24) is 15.1 Å². The predicted molar refractivity (Wildman–Crippen MR) is 60.8 cm³/mol. The van der Waals surface area contributed by atoms with Gasteiger partial charge in [0.1, 0.15) is 0 Å². The molecule has 4 heteroatoms. The van der Waals surface area contributed by atoms with Gasteiger partial charge in [-0.2, -0.15) is 5.10 Å². The first kappa shape index (κ1) is 12.2. The number of hydrogen-bond acceptors (Lipinski definition) is 3. The lowest BCUT2D eigenvalue weighted by molar-refractivity contribution is 0.156. The third kappa shape index (κ3) is 3.04. The van der Waals surface area contributed by atoms with Gasteiger partial charge < -0.3 is 10.4 Å². The van der Waals surface area contributed by atoms with Crippen molar-refractivity contribution in [2.45, 2.75) is 38.8 Å². The molecule has 2 N–H and O–H groups in total. The van der Waals surface area contributed by atoms with E-state index in [2.05, 4.69) is 17.3 Å². The van der Waals surface area contributed by atoms with Gasteiger partial charge in [-0.15, -0.1) is 0 Å². The predicted octanol–water partition coefficient (Wildman–Crippen LogP) is 1.11. The third-order valence-corrected chi connectivity index (χ3v) is 2.89. The quantitative estimate of drug-likeness (QED) is 0.767. The molecular weight excluding hydrogens is 190 g/mol. The summed E-state index contributed by atoms with van der Waals surface area (Å²) in [5, 5.41) is 16.8. The van der Waals surface area contributed by atoms with Gasteiger partial charge in [0.05, 0.1) is 18.3 Å². The molecule has 4 nitrogen and oxygen atoms in total. The van der Waals surface area contributed by atoms with E-state index in [0.717, 1.165) is 12.1 Å². The van der Waals surface area contributed by atoms with Crippen LogP contribution in [-0.2, 0) is 0 Å². The Hall–Kier alpha value is -0.870. The highest BCUT2D eigenvalue weighted by atomic mass is 16.3. The highest BCUT2D eigenvalue weighted by molar-refractivity contribution is 4.96. The van der Waals surface area contributed by atoms with E-state index in [1.807, 2.05) is 37.8 Å². The molecule has 0 saturated carbocycles. The zero-order valence-corrected chi connectivity index (χ0v) is 9.99. The van der Waals surface area contributed by atoms with Crippen molar-refractivity contribution in [1.29, 1.82) is 0 Å². The molecule has 2 unspecified atom stereocenters. The van der Waals surface area contributed by atoms with Crippen LogP contribution in [-0.4, -0.2) is 34.1 Å². The van der Waals surface area contributed by atoms with E-state index < -0.39 is 0 Å². The monoisotopic (exact) mass is 211 g/mol. The molecule has 0 aromatic carbocycles. The maximum atomic E-state index is 9.29. The summed E-state index contributed by atoms with van der Waals surface area (Å²) in [6, 6.07) is 2.27. The van der Waals surface area contributed by atoms with Crippen molar-refractivity contribution in [3.63, 3.8) is 0 Å². The molecular formula is C11H21N3O. The second-order valence-corrected chi connectivity index (χ2v) is 4.46. The normalized spacial score (nSPS) is 17.4. The first-order chi connectivity index (χ1) is 7.00. The molecule has 0 radical (unpaired) electrons. The molecule has 86 valence electrons. The number of aliphatic hydroxyl groups excluding tert-OH is 1. The Kier molecular flexibility index (Phi) is 3.88. The molecule has 0 aliphatic carbocycles. The van der Waals surface area contributed by atoms with Crippen LogP contribution in [0.15, 0.2) is 12.3 Å². The SMILES string of the molecule is CNC(C)(CO)CC(C)n1ccc(C)n1. The van der Waals surface area contributed by atoms with E-state index in [1.165, 1.54) is 0 Å². The zero-order chi connectivity index (χ0) is 11.5. The Balaban J connectivity index is 2.66. The number of hydrogen-bond donors (Lipinski definition) is 2. The number of nitrogens with one attached hydrogen (secondary N) is 1. The molecule has 2 atom stereocenters. The van der Waals surface area contributed by atoms with Gasteiger partial charge in [-0.05, 0) is 40.3 Å². The summed E-state index contributed by atoms with van der Waals surface area (Å²) in [6.07, 6.45) is 2.83. The van der Waals surface area contributed by atoms with Crippen LogP contribution in [0.1, 0.15) is 32.0 Å². The van der Waals surface area contributed by atoms with Crippen molar-refractivity contribution in [3.05, 3.63) is 18.0 Å². The molecule has 0 fully saturated rings. The fourth-order valence-electron chi connectivity index (χ4n) is 1.67. The van der Waals surface area contributed by atoms with Crippen LogP contribution in [0.5, 0.6) is 0 Å². The first-order valence-corrected chi connectivity index (χ1v) is 5.32. The number of likely N-dealkylation sites (N-methyl/N-ethyl adjacent to an activating group) is 1. The fourth-order valence-corrected chi connectivity index (χ4v) is 1.67. The molecule has 0 bridgehead atoms. The number of aryl methyl sites for hydroxylation is 1. The largest absolute Gasteiger partial charge is 0.394 e. The second-order valence-electron chi connectivity index (χ2n) is 4.46. The molecule has 1 heterocycles. The van der Waals surface area contributed by atoms with Crippen molar-refractivity contribution >= 4 is 0 Å². The molecule has 0 amide bonds. The maximum Gasteiger partial charge on any atom is 0.0611 e. The van der Waals surface area contributed by atoms with Crippen LogP contribution in [0.3, 0.4) is 0 Å². The second kappa shape index (κ2) is 4.77. The summed E-state index contributed by atoms with van der Waals surface area (Å²) in [5.41, 5.74) is 0.788. The third-order valence-electron chi connectivity index (χ3n) is 2.89. The smallest absolute Gasteiger partial charge is 0.0611 e. The first-order valence-electron chi connectivity index (χ1n) is 5.32. The van der Waals surface area contributed by atoms with Crippen molar-refractivity contribution in [2.24, 2.45) is 0 Å². The number of nitrogens with zero attached hydrogens (tertiary/aromatic N) is 2. The van der Waals surface area contributed by atoms with Gasteiger partial charge in [0.15, 0.2) is 0 Å². The van der Waals surface area contributed by atoms with Gasteiger partial charge >= 0.3 is 0 Å². The standard InChI is InChI=1S/C11H21N3O/c1-9-5-6-14(13-9)10(2)7-11(3,8-15)12-4/h5-6,10,12,15H,7-8H2,1-4H3. The molecule has 0 spiro atoms. The van der Waals surface area contributed by atoms with Crippen LogP contribution >= 0.6 is 0 Å². The van der Waals surface area contributed by atoms with Gasteiger partial charge in [0.25, 0.3) is 0 Å². The van der Waals surface area contributed by atoms with E-state index in [4.69, 9.17) is 0 Å². The van der Waals surface area contributed by atoms with Crippen molar-refractivity contribution in [3.8, 4) is 0 Å². The van der Waals surface area contributed by atoms with E-state index >= 15 is 0 Å². The molecule has 0 aliphatic rings. The van der Waals surface area contributed by atoms with Crippen LogP contribution in [0.25, 0.3) is 0 Å². The number of aliphatic hydroxyl groups is 1. The summed E-state index contributed by atoms with van der Waals surface area (Å²) in [4.78, 5) is 0. The molecule has 1 aromatic heterocycles. The average molecular weight is 211 g/mol. The van der Waals surface area contributed by atoms with Crippen LogP contribution in [0.2, 0.25) is 0 Å². The van der Waals surface area contributed by atoms with Gasteiger partial charge in [-0.3, -0.25) is 4.68 Å². The maximum absolute atomic E-state index is 9.29. The summed E-state index contributed by atoms with van der Waals surface area (Å²) >= 11 is 0. The molecule has 0 saturated heterocycles. The lowest BCUT2D eigenvalue weighted by Gasteiger charge is -2.30. The summed E-state index contributed by atoms with van der Waals surface area (Å²) in [7, 11) is 1.87. The molecule has 0 aliphatic heterocycles. The minimum Gasteiger partial charge on any atom is -0.394 e. The Morgan fingerprint density at radius 3 is 2.73 bits per heavy atom. The van der Waals surface area contributed by atoms with E-state index in [1.54, 1.807) is 0 Å². The lowest BCUT2D eigenvalue weighted by Crippen LogP contribution is -2.45. The van der Waals surface area contributed by atoms with Gasteiger partial charge in [0.2, 0.25) is 0 Å². The fraction of sp³-hybridized carbons (Fsp3) is 0.727. The van der Waals surface area contributed by atoms with Crippen molar-refractivity contribution < 1.29 is 5.11 Å². The van der Waals surface area contributed by atoms with Crippen LogP contribution < -0.4 is 5.32 Å². The van der Waals surface area contributed by atoms with Gasteiger partial charge in [-0.25, -0.2) is 0 Å². The minimum atomic E-state index is -0.237. The molecule has 1 aromatic rings. The highest BCUT2D eigenvalue weighted by Crippen LogP contribution is 2.19. The minimum absolute atomic E-state index is 0.133. The summed E-state index contributed by atoms with van der Waals surface area (Å²) < 4.78 is 1.95. The molecule has 1 rings (SSSR count). The van der Waals surface area contributed by atoms with Crippen molar-refractivity contribution in [2.75, 3.05) is 13.7 Å². The summed E-state index contributed by atoms with van der Waals surface area (Å²) in [5.74, 6) is 0. The van der Waals surface area contributed by atoms with Gasteiger partial charge in [-0.1, -0.05) is 0 Å². The van der Waals surface area contributed by atoms with Gasteiger partial charge in [0, 0.05) is 11.7 Å². The van der Waals surface area contributed by atoms with E-state index in [0.29, 0.717) is 0 Å². The van der Waals surface area contributed by atoms with E-state index in [9.17, 15) is 5.11 Å². The summed E-state index contributed by atoms with van der Waals surface area (Å²) in [6.45, 7) is 6.23. The zero-order valence-electron chi connectivity index (χ0n) is 9.99. The van der Waals surface area contributed by atoms with Crippen LogP contribution in [0.4, 0.5) is 0 Å². The average Bonchev–Trinajstić information content (AvgIpc) is 2.65. The number of rotatable bonds is 5.